The largest absolute Gasteiger partial charge is 0.392 e. The number of aliphatic hydroxyl groups is 1. The average Bonchev–Trinajstić information content (AvgIpc) is 2.14. The summed E-state index contributed by atoms with van der Waals surface area (Å²) in [4.78, 5) is 0. The van der Waals surface area contributed by atoms with E-state index in [4.69, 9.17) is 0 Å². The number of aliphatic hydroxyl groups excluding tert-OH is 1. The molecule has 0 bridgehead atoms. The maximum absolute atomic E-state index is 9.90. The Bertz CT molecular complexity index is 300. The van der Waals surface area contributed by atoms with Crippen molar-refractivity contribution in [2.24, 2.45) is 11.3 Å². The zero-order valence-corrected chi connectivity index (χ0v) is 9.38. The normalized spacial score (nSPS) is 42.6. The van der Waals surface area contributed by atoms with Gasteiger partial charge in [0.2, 0.25) is 0 Å². The molecule has 0 saturated carbocycles. The second-order valence-corrected chi connectivity index (χ2v) is 5.05. The summed E-state index contributed by atoms with van der Waals surface area (Å²) in [5.41, 5.74) is 3.13. The number of allylic oxidation sites excluding steroid dienone is 3. The van der Waals surface area contributed by atoms with E-state index in [0.717, 1.165) is 12.8 Å². The van der Waals surface area contributed by atoms with Crippen LogP contribution in [0.4, 0.5) is 0 Å². The highest BCUT2D eigenvalue weighted by molar-refractivity contribution is 5.39. The predicted octanol–water partition coefficient (Wildman–Crippen LogP) is 3.06. The quantitative estimate of drug-likeness (QED) is 0.625. The van der Waals surface area contributed by atoms with Crippen molar-refractivity contribution < 1.29 is 5.11 Å². The van der Waals surface area contributed by atoms with Crippen LogP contribution in [0.25, 0.3) is 0 Å². The lowest BCUT2D eigenvalue weighted by Crippen LogP contribution is -2.40. The van der Waals surface area contributed by atoms with Gasteiger partial charge in [0.15, 0.2) is 0 Å². The van der Waals surface area contributed by atoms with E-state index in [1.165, 1.54) is 17.6 Å². The molecule has 0 spiro atoms. The van der Waals surface area contributed by atoms with E-state index in [0.29, 0.717) is 5.92 Å². The van der Waals surface area contributed by atoms with Gasteiger partial charge in [-0.25, -0.2) is 0 Å². The fourth-order valence-corrected chi connectivity index (χ4v) is 3.02. The van der Waals surface area contributed by atoms with Crippen molar-refractivity contribution in [2.45, 2.75) is 46.1 Å². The molecule has 3 atom stereocenters. The minimum Gasteiger partial charge on any atom is -0.392 e. The Balaban J connectivity index is 2.43. The van der Waals surface area contributed by atoms with E-state index >= 15 is 0 Å². The van der Waals surface area contributed by atoms with E-state index < -0.39 is 0 Å². The summed E-state index contributed by atoms with van der Waals surface area (Å²) in [6.45, 7) is 6.70. The molecule has 1 nitrogen and oxygen atoms in total. The molecular weight excluding hydrogens is 172 g/mol. The van der Waals surface area contributed by atoms with Gasteiger partial charge in [0.1, 0.15) is 0 Å². The molecule has 0 aromatic heterocycles. The Hall–Kier alpha value is -0.560. The summed E-state index contributed by atoms with van der Waals surface area (Å²) in [6, 6.07) is 0. The predicted molar refractivity (Wildman–Crippen MR) is 59.0 cm³/mol. The van der Waals surface area contributed by atoms with E-state index in [2.05, 4.69) is 32.9 Å². The summed E-state index contributed by atoms with van der Waals surface area (Å²) in [5.74, 6) is 0.395. The maximum atomic E-state index is 9.90. The molecule has 3 unspecified atom stereocenters. The number of fused-ring (bicyclic) bond motifs is 1. The first-order valence-electron chi connectivity index (χ1n) is 5.61. The first-order valence-corrected chi connectivity index (χ1v) is 5.61. The molecule has 0 fully saturated rings. The van der Waals surface area contributed by atoms with Gasteiger partial charge in [0, 0.05) is 0 Å². The highest BCUT2D eigenvalue weighted by Gasteiger charge is 2.42. The lowest BCUT2D eigenvalue weighted by atomic mass is 9.60. The number of rotatable bonds is 0. The van der Waals surface area contributed by atoms with Crippen LogP contribution in [-0.2, 0) is 0 Å². The van der Waals surface area contributed by atoms with E-state index in [9.17, 15) is 5.11 Å². The molecule has 78 valence electrons. The lowest BCUT2D eigenvalue weighted by molar-refractivity contribution is 0.0409. The Morgan fingerprint density at radius 1 is 1.43 bits per heavy atom. The smallest absolute Gasteiger partial charge is 0.0608 e. The van der Waals surface area contributed by atoms with Gasteiger partial charge in [-0.3, -0.25) is 0 Å². The van der Waals surface area contributed by atoms with Crippen molar-refractivity contribution in [2.75, 3.05) is 0 Å². The molecule has 1 N–H and O–H groups in total. The third-order valence-corrected chi connectivity index (χ3v) is 4.30. The van der Waals surface area contributed by atoms with Gasteiger partial charge in [-0.2, -0.15) is 0 Å². The third kappa shape index (κ3) is 1.26. The summed E-state index contributed by atoms with van der Waals surface area (Å²) < 4.78 is 0. The molecule has 2 rings (SSSR count). The molecular formula is C13H20O. The highest BCUT2D eigenvalue weighted by atomic mass is 16.3. The van der Waals surface area contributed by atoms with Crippen LogP contribution in [0.1, 0.15) is 40.0 Å². The van der Waals surface area contributed by atoms with Crippen molar-refractivity contribution in [3.63, 3.8) is 0 Å². The SMILES string of the molecule is CC1=CCCC2(C)C1=CCC(O)C2C. The van der Waals surface area contributed by atoms with Crippen LogP contribution in [0, 0.1) is 11.3 Å². The minimum atomic E-state index is -0.144. The molecule has 2 aliphatic rings. The van der Waals surface area contributed by atoms with Crippen LogP contribution in [0.2, 0.25) is 0 Å². The molecule has 14 heavy (non-hydrogen) atoms. The van der Waals surface area contributed by atoms with E-state index in [-0.39, 0.29) is 11.5 Å². The van der Waals surface area contributed by atoms with Crippen LogP contribution in [0.5, 0.6) is 0 Å². The average molecular weight is 192 g/mol. The van der Waals surface area contributed by atoms with Crippen LogP contribution < -0.4 is 0 Å². The van der Waals surface area contributed by atoms with Crippen molar-refractivity contribution in [1.29, 1.82) is 0 Å². The van der Waals surface area contributed by atoms with Gasteiger partial charge in [-0.05, 0) is 43.1 Å². The van der Waals surface area contributed by atoms with Crippen molar-refractivity contribution in [3.05, 3.63) is 23.3 Å². The zero-order valence-electron chi connectivity index (χ0n) is 9.38. The number of hydrogen-bond donors (Lipinski definition) is 1. The Morgan fingerprint density at radius 3 is 2.86 bits per heavy atom. The molecule has 0 saturated heterocycles. The molecule has 0 heterocycles. The van der Waals surface area contributed by atoms with Crippen LogP contribution >= 0.6 is 0 Å². The van der Waals surface area contributed by atoms with Crippen LogP contribution in [0.3, 0.4) is 0 Å². The second kappa shape index (κ2) is 3.23. The monoisotopic (exact) mass is 192 g/mol. The third-order valence-electron chi connectivity index (χ3n) is 4.30. The Morgan fingerprint density at radius 2 is 2.14 bits per heavy atom. The van der Waals surface area contributed by atoms with Gasteiger partial charge >= 0.3 is 0 Å². The first-order chi connectivity index (χ1) is 6.55. The summed E-state index contributed by atoms with van der Waals surface area (Å²) in [5, 5.41) is 9.90. The molecule has 0 aliphatic heterocycles. The van der Waals surface area contributed by atoms with E-state index in [1.807, 2.05) is 0 Å². The molecule has 0 radical (unpaired) electrons. The molecule has 0 aromatic carbocycles. The van der Waals surface area contributed by atoms with Crippen LogP contribution in [-0.4, -0.2) is 11.2 Å². The molecule has 2 aliphatic carbocycles. The summed E-state index contributed by atoms with van der Waals surface area (Å²) >= 11 is 0. The minimum absolute atomic E-state index is 0.144. The fourth-order valence-electron chi connectivity index (χ4n) is 3.02. The van der Waals surface area contributed by atoms with Crippen molar-refractivity contribution >= 4 is 0 Å². The van der Waals surface area contributed by atoms with Gasteiger partial charge in [-0.15, -0.1) is 0 Å². The zero-order chi connectivity index (χ0) is 10.3. The highest BCUT2D eigenvalue weighted by Crippen LogP contribution is 2.50. The summed E-state index contributed by atoms with van der Waals surface area (Å²) in [6.07, 6.45) is 7.62. The molecule has 1 heteroatoms. The standard InChI is InChI=1S/C13H20O/c1-9-5-4-8-13(3)10(2)12(14)7-6-11(9)13/h5-6,10,12,14H,4,7-8H2,1-3H3. The van der Waals surface area contributed by atoms with Gasteiger partial charge in [0.25, 0.3) is 0 Å². The second-order valence-electron chi connectivity index (χ2n) is 5.05. The first kappa shape index (κ1) is 9.97. The van der Waals surface area contributed by atoms with Gasteiger partial charge < -0.3 is 5.11 Å². The molecule has 0 aromatic rings. The Labute approximate surface area is 86.5 Å². The Kier molecular flexibility index (Phi) is 2.30. The molecule has 0 amide bonds. The summed E-state index contributed by atoms with van der Waals surface area (Å²) in [7, 11) is 0. The fraction of sp³-hybridized carbons (Fsp3) is 0.692. The van der Waals surface area contributed by atoms with Crippen molar-refractivity contribution in [3.8, 4) is 0 Å². The number of hydrogen-bond acceptors (Lipinski definition) is 1. The van der Waals surface area contributed by atoms with Crippen LogP contribution in [0.15, 0.2) is 23.3 Å². The van der Waals surface area contributed by atoms with E-state index in [1.54, 1.807) is 0 Å². The maximum Gasteiger partial charge on any atom is 0.0608 e. The van der Waals surface area contributed by atoms with Gasteiger partial charge in [-0.1, -0.05) is 31.6 Å². The van der Waals surface area contributed by atoms with Crippen molar-refractivity contribution in [1.82, 2.24) is 0 Å². The lowest BCUT2D eigenvalue weighted by Gasteiger charge is -2.46. The van der Waals surface area contributed by atoms with Gasteiger partial charge in [0.05, 0.1) is 6.10 Å². The topological polar surface area (TPSA) is 20.2 Å².